The van der Waals surface area contributed by atoms with Crippen LogP contribution in [0.4, 0.5) is 0 Å². The summed E-state index contributed by atoms with van der Waals surface area (Å²) in [7, 11) is 0. The van der Waals surface area contributed by atoms with Gasteiger partial charge in [0, 0.05) is 34.0 Å². The van der Waals surface area contributed by atoms with E-state index in [2.05, 4.69) is 20.5 Å². The summed E-state index contributed by atoms with van der Waals surface area (Å²) in [6.07, 6.45) is 2.02. The molecule has 0 amide bonds. The molecule has 1 atom stereocenters. The van der Waals surface area contributed by atoms with E-state index in [0.29, 0.717) is 0 Å². The minimum Gasteiger partial charge on any atom is -0.346 e. The summed E-state index contributed by atoms with van der Waals surface area (Å²) in [6, 6.07) is 10.0. The van der Waals surface area contributed by atoms with Crippen LogP contribution in [0.15, 0.2) is 41.0 Å². The van der Waals surface area contributed by atoms with Gasteiger partial charge in [0.15, 0.2) is 0 Å². The van der Waals surface area contributed by atoms with Crippen LogP contribution in [0.2, 0.25) is 5.02 Å². The van der Waals surface area contributed by atoms with Gasteiger partial charge in [0.2, 0.25) is 0 Å². The molecule has 0 spiro atoms. The highest BCUT2D eigenvalue weighted by Crippen LogP contribution is 2.23. The Morgan fingerprint density at radius 3 is 2.82 bits per heavy atom. The predicted molar refractivity (Wildman–Crippen MR) is 75.3 cm³/mol. The predicted octanol–water partition coefficient (Wildman–Crippen LogP) is 3.97. The van der Waals surface area contributed by atoms with Gasteiger partial charge >= 0.3 is 0 Å². The van der Waals surface area contributed by atoms with Gasteiger partial charge in [-0.2, -0.15) is 0 Å². The van der Waals surface area contributed by atoms with Crippen LogP contribution >= 0.6 is 27.5 Å². The highest BCUT2D eigenvalue weighted by molar-refractivity contribution is 9.10. The van der Waals surface area contributed by atoms with Crippen molar-refractivity contribution in [2.24, 2.45) is 5.73 Å². The molecule has 17 heavy (non-hydrogen) atoms. The first-order chi connectivity index (χ1) is 8.08. The first-order valence-electron chi connectivity index (χ1n) is 5.42. The molecular weight excluding hydrogens is 300 g/mol. The lowest BCUT2D eigenvalue weighted by molar-refractivity contribution is 0.675. The molecule has 1 aromatic carbocycles. The number of aromatic nitrogens is 1. The van der Waals surface area contributed by atoms with E-state index in [1.807, 2.05) is 43.5 Å². The molecule has 0 fully saturated rings. The standard InChI is InChI=1S/C13H14BrClN2/c1-9(16)13-3-2-6-17(13)8-10-4-5-11(14)7-12(10)15/h2-7,9H,8,16H2,1H3. The van der Waals surface area contributed by atoms with Gasteiger partial charge in [-0.05, 0) is 36.8 Å². The molecule has 0 aliphatic carbocycles. The van der Waals surface area contributed by atoms with E-state index in [1.165, 1.54) is 0 Å². The van der Waals surface area contributed by atoms with Crippen molar-refractivity contribution in [3.05, 3.63) is 57.3 Å². The summed E-state index contributed by atoms with van der Waals surface area (Å²) in [5, 5.41) is 0.767. The van der Waals surface area contributed by atoms with E-state index in [9.17, 15) is 0 Å². The Balaban J connectivity index is 2.28. The fourth-order valence-electron chi connectivity index (χ4n) is 1.82. The largest absolute Gasteiger partial charge is 0.346 e. The second-order valence-electron chi connectivity index (χ2n) is 4.09. The molecule has 1 unspecified atom stereocenters. The fourth-order valence-corrected chi connectivity index (χ4v) is 2.55. The Morgan fingerprint density at radius 1 is 1.41 bits per heavy atom. The first-order valence-corrected chi connectivity index (χ1v) is 6.59. The zero-order valence-corrected chi connectivity index (χ0v) is 11.9. The molecule has 0 radical (unpaired) electrons. The number of rotatable bonds is 3. The molecule has 2 aromatic rings. The van der Waals surface area contributed by atoms with Crippen molar-refractivity contribution >= 4 is 27.5 Å². The third-order valence-electron chi connectivity index (χ3n) is 2.69. The quantitative estimate of drug-likeness (QED) is 0.913. The van der Waals surface area contributed by atoms with Crippen molar-refractivity contribution in [1.82, 2.24) is 4.57 Å². The maximum absolute atomic E-state index is 6.20. The summed E-state index contributed by atoms with van der Waals surface area (Å²) in [5.74, 6) is 0. The van der Waals surface area contributed by atoms with Crippen molar-refractivity contribution < 1.29 is 0 Å². The van der Waals surface area contributed by atoms with Crippen LogP contribution in [0.25, 0.3) is 0 Å². The highest BCUT2D eigenvalue weighted by atomic mass is 79.9. The second-order valence-corrected chi connectivity index (χ2v) is 5.41. The second kappa shape index (κ2) is 5.25. The molecule has 2 N–H and O–H groups in total. The molecule has 0 aliphatic rings. The van der Waals surface area contributed by atoms with E-state index in [-0.39, 0.29) is 6.04 Å². The normalized spacial score (nSPS) is 12.7. The molecule has 0 aliphatic heterocycles. The molecule has 4 heteroatoms. The summed E-state index contributed by atoms with van der Waals surface area (Å²) in [6.45, 7) is 2.73. The Bertz CT molecular complexity index is 520. The Hall–Kier alpha value is -0.770. The van der Waals surface area contributed by atoms with Crippen molar-refractivity contribution in [2.75, 3.05) is 0 Å². The van der Waals surface area contributed by atoms with Crippen LogP contribution in [0, 0.1) is 0 Å². The van der Waals surface area contributed by atoms with Gasteiger partial charge in [0.05, 0.1) is 0 Å². The molecule has 2 nitrogen and oxygen atoms in total. The van der Waals surface area contributed by atoms with Crippen molar-refractivity contribution in [3.8, 4) is 0 Å². The van der Waals surface area contributed by atoms with Gasteiger partial charge in [0.25, 0.3) is 0 Å². The highest BCUT2D eigenvalue weighted by Gasteiger charge is 2.08. The number of hydrogen-bond donors (Lipinski definition) is 1. The smallest absolute Gasteiger partial charge is 0.0488 e. The van der Waals surface area contributed by atoms with Crippen LogP contribution in [0.5, 0.6) is 0 Å². The lowest BCUT2D eigenvalue weighted by Gasteiger charge is -2.13. The topological polar surface area (TPSA) is 30.9 Å². The molecule has 0 saturated carbocycles. The molecule has 90 valence electrons. The monoisotopic (exact) mass is 312 g/mol. The molecule has 1 aromatic heterocycles. The Labute approximate surface area is 115 Å². The van der Waals surface area contributed by atoms with E-state index in [4.69, 9.17) is 17.3 Å². The molecular formula is C13H14BrClN2. The van der Waals surface area contributed by atoms with Gasteiger partial charge in [-0.25, -0.2) is 0 Å². The zero-order valence-electron chi connectivity index (χ0n) is 9.53. The van der Waals surface area contributed by atoms with Crippen molar-refractivity contribution in [1.29, 1.82) is 0 Å². The molecule has 0 bridgehead atoms. The lowest BCUT2D eigenvalue weighted by atomic mass is 10.2. The maximum atomic E-state index is 6.20. The number of benzene rings is 1. The maximum Gasteiger partial charge on any atom is 0.0488 e. The summed E-state index contributed by atoms with van der Waals surface area (Å²) in [5.41, 5.74) is 8.12. The van der Waals surface area contributed by atoms with Crippen LogP contribution in [-0.4, -0.2) is 4.57 Å². The third kappa shape index (κ3) is 2.92. The van der Waals surface area contributed by atoms with E-state index in [1.54, 1.807) is 0 Å². The van der Waals surface area contributed by atoms with Gasteiger partial charge in [0.1, 0.15) is 0 Å². The molecule has 1 heterocycles. The summed E-state index contributed by atoms with van der Waals surface area (Å²) in [4.78, 5) is 0. The molecule has 0 saturated heterocycles. The van der Waals surface area contributed by atoms with Crippen LogP contribution in [0.3, 0.4) is 0 Å². The lowest BCUT2D eigenvalue weighted by Crippen LogP contribution is -2.12. The number of hydrogen-bond acceptors (Lipinski definition) is 1. The average molecular weight is 314 g/mol. The molecule has 2 rings (SSSR count). The van der Waals surface area contributed by atoms with Crippen molar-refractivity contribution in [2.45, 2.75) is 19.5 Å². The van der Waals surface area contributed by atoms with Crippen LogP contribution in [-0.2, 0) is 6.54 Å². The number of nitrogens with zero attached hydrogens (tertiary/aromatic N) is 1. The zero-order chi connectivity index (χ0) is 12.4. The minimum atomic E-state index is 0.0271. The SMILES string of the molecule is CC(N)c1cccn1Cc1ccc(Br)cc1Cl. The van der Waals surface area contributed by atoms with Crippen molar-refractivity contribution in [3.63, 3.8) is 0 Å². The average Bonchev–Trinajstić information content (AvgIpc) is 2.70. The minimum absolute atomic E-state index is 0.0271. The fraction of sp³-hybridized carbons (Fsp3) is 0.231. The van der Waals surface area contributed by atoms with E-state index >= 15 is 0 Å². The van der Waals surface area contributed by atoms with Crippen LogP contribution in [0.1, 0.15) is 24.2 Å². The summed E-state index contributed by atoms with van der Waals surface area (Å²) >= 11 is 9.60. The van der Waals surface area contributed by atoms with E-state index in [0.717, 1.165) is 27.3 Å². The van der Waals surface area contributed by atoms with Crippen LogP contribution < -0.4 is 5.73 Å². The van der Waals surface area contributed by atoms with Gasteiger partial charge in [-0.15, -0.1) is 0 Å². The third-order valence-corrected chi connectivity index (χ3v) is 3.53. The van der Waals surface area contributed by atoms with Gasteiger partial charge in [-0.1, -0.05) is 33.6 Å². The Morgan fingerprint density at radius 2 is 2.18 bits per heavy atom. The van der Waals surface area contributed by atoms with Gasteiger partial charge in [-0.3, -0.25) is 0 Å². The Kier molecular flexibility index (Phi) is 3.92. The number of halogens is 2. The number of nitrogens with two attached hydrogens (primary N) is 1. The van der Waals surface area contributed by atoms with Gasteiger partial charge < -0.3 is 10.3 Å². The summed E-state index contributed by atoms with van der Waals surface area (Å²) < 4.78 is 3.12. The first kappa shape index (κ1) is 12.7. The van der Waals surface area contributed by atoms with E-state index < -0.39 is 0 Å².